The average Bonchev–Trinajstić information content (AvgIpc) is 2.62. The highest BCUT2D eigenvalue weighted by Gasteiger charge is 2.26. The van der Waals surface area contributed by atoms with Gasteiger partial charge in [-0.3, -0.25) is 4.79 Å². The van der Waals surface area contributed by atoms with Gasteiger partial charge in [0, 0.05) is 26.3 Å². The van der Waals surface area contributed by atoms with E-state index in [1.807, 2.05) is 18.2 Å². The zero-order chi connectivity index (χ0) is 17.4. The van der Waals surface area contributed by atoms with Crippen LogP contribution < -0.4 is 14.8 Å². The van der Waals surface area contributed by atoms with Crippen molar-refractivity contribution in [3.63, 3.8) is 0 Å². The van der Waals surface area contributed by atoms with Gasteiger partial charge in [-0.05, 0) is 38.1 Å². The van der Waals surface area contributed by atoms with E-state index in [4.69, 9.17) is 14.2 Å². The largest absolute Gasteiger partial charge is 0.497 e. The Morgan fingerprint density at radius 3 is 2.96 bits per heavy atom. The van der Waals surface area contributed by atoms with Crippen LogP contribution in [-0.2, 0) is 16.0 Å². The molecule has 1 amide bonds. The quantitative estimate of drug-likeness (QED) is 0.690. The predicted octanol–water partition coefficient (Wildman–Crippen LogP) is 1.33. The van der Waals surface area contributed by atoms with Crippen molar-refractivity contribution in [3.05, 3.63) is 23.8 Å². The molecule has 0 saturated carbocycles. The lowest BCUT2D eigenvalue weighted by Crippen LogP contribution is -2.38. The molecule has 0 unspecified atom stereocenters. The maximum absolute atomic E-state index is 12.3. The maximum atomic E-state index is 12.3. The van der Waals surface area contributed by atoms with Crippen LogP contribution in [0, 0.1) is 5.92 Å². The van der Waals surface area contributed by atoms with E-state index in [9.17, 15) is 4.79 Å². The minimum absolute atomic E-state index is 0.0658. The Balaban J connectivity index is 1.72. The summed E-state index contributed by atoms with van der Waals surface area (Å²) >= 11 is 0. The van der Waals surface area contributed by atoms with E-state index in [1.165, 1.54) is 0 Å². The van der Waals surface area contributed by atoms with E-state index in [2.05, 4.69) is 17.3 Å². The number of hydrogen-bond donors (Lipinski definition) is 1. The summed E-state index contributed by atoms with van der Waals surface area (Å²) in [5, 5.41) is 3.02. The summed E-state index contributed by atoms with van der Waals surface area (Å²) in [6.45, 7) is 3.67. The standard InChI is InChI=1S/C18H28N2O4/c1-20(9-10-22-2)8-4-7-19-18(21)15-11-14-5-6-16(23-3)12-17(14)24-13-15/h5-6,12,15H,4,7-11,13H2,1-3H3,(H,19,21)/t15-/m0/s1. The lowest BCUT2D eigenvalue weighted by atomic mass is 9.96. The van der Waals surface area contributed by atoms with Crippen LogP contribution in [0.5, 0.6) is 11.5 Å². The van der Waals surface area contributed by atoms with Gasteiger partial charge in [0.25, 0.3) is 0 Å². The summed E-state index contributed by atoms with van der Waals surface area (Å²) in [7, 11) is 5.39. The number of nitrogens with zero attached hydrogens (tertiary/aromatic N) is 1. The van der Waals surface area contributed by atoms with Crippen LogP contribution >= 0.6 is 0 Å². The van der Waals surface area contributed by atoms with Gasteiger partial charge in [-0.1, -0.05) is 6.07 Å². The number of methoxy groups -OCH3 is 2. The first-order valence-electron chi connectivity index (χ1n) is 8.39. The molecule has 1 aromatic carbocycles. The van der Waals surface area contributed by atoms with Gasteiger partial charge >= 0.3 is 0 Å². The normalized spacial score (nSPS) is 16.4. The molecule has 0 radical (unpaired) electrons. The number of hydrogen-bond acceptors (Lipinski definition) is 5. The van der Waals surface area contributed by atoms with Gasteiger partial charge in [0.2, 0.25) is 5.91 Å². The number of ether oxygens (including phenoxy) is 3. The maximum Gasteiger partial charge on any atom is 0.226 e. The van der Waals surface area contributed by atoms with E-state index < -0.39 is 0 Å². The third-order valence-corrected chi connectivity index (χ3v) is 4.24. The average molecular weight is 336 g/mol. The Labute approximate surface area is 144 Å². The highest BCUT2D eigenvalue weighted by Crippen LogP contribution is 2.30. The molecule has 6 nitrogen and oxygen atoms in total. The molecule has 1 aliphatic rings. The number of benzene rings is 1. The number of carbonyl (C=O) groups excluding carboxylic acids is 1. The van der Waals surface area contributed by atoms with Crippen molar-refractivity contribution < 1.29 is 19.0 Å². The second kappa shape index (κ2) is 9.49. The molecule has 0 saturated heterocycles. The molecule has 1 N–H and O–H groups in total. The molecule has 1 aliphatic heterocycles. The van der Waals surface area contributed by atoms with Gasteiger partial charge in [0.15, 0.2) is 0 Å². The van der Waals surface area contributed by atoms with Crippen molar-refractivity contribution in [2.75, 3.05) is 54.1 Å². The lowest BCUT2D eigenvalue weighted by molar-refractivity contribution is -0.126. The molecule has 1 aromatic rings. The first-order valence-corrected chi connectivity index (χ1v) is 8.39. The van der Waals surface area contributed by atoms with Crippen molar-refractivity contribution in [2.24, 2.45) is 5.92 Å². The zero-order valence-electron chi connectivity index (χ0n) is 14.8. The van der Waals surface area contributed by atoms with Crippen molar-refractivity contribution in [2.45, 2.75) is 12.8 Å². The van der Waals surface area contributed by atoms with Gasteiger partial charge in [-0.15, -0.1) is 0 Å². The molecule has 6 heteroatoms. The van der Waals surface area contributed by atoms with Gasteiger partial charge in [-0.25, -0.2) is 0 Å². The van der Waals surface area contributed by atoms with Gasteiger partial charge in [-0.2, -0.15) is 0 Å². The predicted molar refractivity (Wildman–Crippen MR) is 92.7 cm³/mol. The lowest BCUT2D eigenvalue weighted by Gasteiger charge is -2.25. The fourth-order valence-electron chi connectivity index (χ4n) is 2.71. The van der Waals surface area contributed by atoms with Crippen LogP contribution in [-0.4, -0.2) is 64.9 Å². The van der Waals surface area contributed by atoms with Crippen LogP contribution in [0.25, 0.3) is 0 Å². The van der Waals surface area contributed by atoms with E-state index in [-0.39, 0.29) is 11.8 Å². The minimum atomic E-state index is -0.128. The Hall–Kier alpha value is -1.79. The van der Waals surface area contributed by atoms with E-state index in [0.29, 0.717) is 19.6 Å². The summed E-state index contributed by atoms with van der Waals surface area (Å²) in [5.74, 6) is 1.53. The first kappa shape index (κ1) is 18.5. The number of amides is 1. The molecule has 24 heavy (non-hydrogen) atoms. The second-order valence-corrected chi connectivity index (χ2v) is 6.13. The van der Waals surface area contributed by atoms with E-state index in [0.717, 1.165) is 43.2 Å². The number of rotatable bonds is 9. The van der Waals surface area contributed by atoms with E-state index >= 15 is 0 Å². The van der Waals surface area contributed by atoms with Crippen molar-refractivity contribution in [1.82, 2.24) is 10.2 Å². The fourth-order valence-corrected chi connectivity index (χ4v) is 2.71. The molecule has 0 aromatic heterocycles. The SMILES string of the molecule is COCCN(C)CCCNC(=O)[C@@H]1COc2cc(OC)ccc2C1. The van der Waals surface area contributed by atoms with Crippen molar-refractivity contribution >= 4 is 5.91 Å². The van der Waals surface area contributed by atoms with Crippen LogP contribution in [0.2, 0.25) is 0 Å². The highest BCUT2D eigenvalue weighted by molar-refractivity contribution is 5.79. The summed E-state index contributed by atoms with van der Waals surface area (Å²) in [4.78, 5) is 14.5. The Morgan fingerprint density at radius 2 is 2.21 bits per heavy atom. The smallest absolute Gasteiger partial charge is 0.226 e. The second-order valence-electron chi connectivity index (χ2n) is 6.13. The van der Waals surface area contributed by atoms with Crippen LogP contribution in [0.4, 0.5) is 0 Å². The summed E-state index contributed by atoms with van der Waals surface area (Å²) in [6, 6.07) is 5.75. The fraction of sp³-hybridized carbons (Fsp3) is 0.611. The summed E-state index contributed by atoms with van der Waals surface area (Å²) in [6.07, 6.45) is 1.63. The molecule has 134 valence electrons. The summed E-state index contributed by atoms with van der Waals surface area (Å²) < 4.78 is 16.0. The third kappa shape index (κ3) is 5.39. The molecular weight excluding hydrogens is 308 g/mol. The van der Waals surface area contributed by atoms with Crippen LogP contribution in [0.3, 0.4) is 0 Å². The zero-order valence-corrected chi connectivity index (χ0v) is 14.8. The summed E-state index contributed by atoms with van der Waals surface area (Å²) in [5.41, 5.74) is 1.06. The highest BCUT2D eigenvalue weighted by atomic mass is 16.5. The number of carbonyl (C=O) groups is 1. The molecule has 0 spiro atoms. The van der Waals surface area contributed by atoms with Crippen LogP contribution in [0.1, 0.15) is 12.0 Å². The number of fused-ring (bicyclic) bond motifs is 1. The Kier molecular flexibility index (Phi) is 7.34. The van der Waals surface area contributed by atoms with Crippen molar-refractivity contribution in [3.8, 4) is 11.5 Å². The minimum Gasteiger partial charge on any atom is -0.497 e. The van der Waals surface area contributed by atoms with Gasteiger partial charge in [0.1, 0.15) is 18.1 Å². The van der Waals surface area contributed by atoms with Crippen LogP contribution in [0.15, 0.2) is 18.2 Å². The first-order chi connectivity index (χ1) is 11.6. The number of nitrogens with one attached hydrogen (secondary N) is 1. The third-order valence-electron chi connectivity index (χ3n) is 4.24. The molecule has 2 rings (SSSR count). The topological polar surface area (TPSA) is 60.0 Å². The molecule has 1 heterocycles. The van der Waals surface area contributed by atoms with Gasteiger partial charge in [0.05, 0.1) is 19.6 Å². The van der Waals surface area contributed by atoms with E-state index in [1.54, 1.807) is 14.2 Å². The van der Waals surface area contributed by atoms with Gasteiger partial charge < -0.3 is 24.4 Å². The number of likely N-dealkylation sites (N-methyl/N-ethyl adjacent to an activating group) is 1. The Bertz CT molecular complexity index is 536. The Morgan fingerprint density at radius 1 is 1.38 bits per heavy atom. The molecular formula is C18H28N2O4. The van der Waals surface area contributed by atoms with Crippen molar-refractivity contribution in [1.29, 1.82) is 0 Å². The molecule has 0 bridgehead atoms. The molecule has 0 fully saturated rings. The molecule has 0 aliphatic carbocycles. The monoisotopic (exact) mass is 336 g/mol. The molecule has 1 atom stereocenters.